The van der Waals surface area contributed by atoms with Crippen molar-refractivity contribution in [3.63, 3.8) is 0 Å². The lowest BCUT2D eigenvalue weighted by molar-refractivity contribution is -0.163. The average molecular weight is 199 g/mol. The van der Waals surface area contributed by atoms with Crippen LogP contribution in [0.15, 0.2) is 0 Å². The first-order chi connectivity index (χ1) is 6.49. The molecule has 0 aromatic carbocycles. The van der Waals surface area contributed by atoms with Gasteiger partial charge in [-0.25, -0.2) is 0 Å². The fraction of sp³-hybridized carbons (Fsp3) is 0.900. The van der Waals surface area contributed by atoms with Crippen molar-refractivity contribution in [2.45, 2.75) is 32.0 Å². The van der Waals surface area contributed by atoms with Crippen LogP contribution >= 0.6 is 0 Å². The summed E-state index contributed by atoms with van der Waals surface area (Å²) in [5.74, 6) is 0.356. The molecule has 0 aromatic rings. The molecule has 2 atom stereocenters. The van der Waals surface area contributed by atoms with Crippen LogP contribution in [0.1, 0.15) is 20.3 Å². The van der Waals surface area contributed by atoms with Gasteiger partial charge in [0.15, 0.2) is 0 Å². The second kappa shape index (κ2) is 3.21. The molecule has 0 radical (unpaired) electrons. The number of carbonyl (C=O) groups is 1. The van der Waals surface area contributed by atoms with Gasteiger partial charge in [-0.1, -0.05) is 6.92 Å². The summed E-state index contributed by atoms with van der Waals surface area (Å²) in [6.45, 7) is 5.35. The fourth-order valence-electron chi connectivity index (χ4n) is 2.12. The lowest BCUT2D eigenvalue weighted by atomic mass is 9.94. The van der Waals surface area contributed by atoms with Crippen LogP contribution in [0.5, 0.6) is 0 Å². The van der Waals surface area contributed by atoms with Crippen molar-refractivity contribution in [3.8, 4) is 0 Å². The minimum atomic E-state index is -0.683. The number of ether oxygens (including phenoxy) is 1. The van der Waals surface area contributed by atoms with Gasteiger partial charge < -0.3 is 14.7 Å². The topological polar surface area (TPSA) is 49.8 Å². The predicted octanol–water partition coefficient (Wildman–Crippen LogP) is 0.00460. The summed E-state index contributed by atoms with van der Waals surface area (Å²) in [4.78, 5) is 13.5. The molecular weight excluding hydrogens is 182 g/mol. The van der Waals surface area contributed by atoms with Crippen LogP contribution in [0, 0.1) is 5.92 Å². The predicted molar refractivity (Wildman–Crippen MR) is 50.7 cm³/mol. The van der Waals surface area contributed by atoms with Gasteiger partial charge in [0, 0.05) is 6.61 Å². The molecule has 4 heteroatoms. The minimum absolute atomic E-state index is 0.0431. The maximum absolute atomic E-state index is 11.8. The number of rotatable bonds is 1. The highest BCUT2D eigenvalue weighted by atomic mass is 16.5. The minimum Gasteiger partial charge on any atom is -0.386 e. The Morgan fingerprint density at radius 2 is 2.21 bits per heavy atom. The van der Waals surface area contributed by atoms with E-state index in [1.54, 1.807) is 11.8 Å². The second-order valence-corrected chi connectivity index (χ2v) is 4.75. The van der Waals surface area contributed by atoms with Crippen LogP contribution in [0.4, 0.5) is 0 Å². The summed E-state index contributed by atoms with van der Waals surface area (Å²) in [7, 11) is 0. The number of amides is 1. The Balaban J connectivity index is 1.90. The zero-order chi connectivity index (χ0) is 10.3. The van der Waals surface area contributed by atoms with Gasteiger partial charge in [-0.2, -0.15) is 0 Å². The Kier molecular flexibility index (Phi) is 2.27. The smallest absolute Gasteiger partial charge is 0.252 e. The Morgan fingerprint density at radius 1 is 1.57 bits per heavy atom. The Morgan fingerprint density at radius 3 is 2.64 bits per heavy atom. The molecule has 2 unspecified atom stereocenters. The van der Waals surface area contributed by atoms with Gasteiger partial charge in [0.2, 0.25) is 0 Å². The fourth-order valence-corrected chi connectivity index (χ4v) is 2.12. The molecule has 4 nitrogen and oxygen atoms in total. The summed E-state index contributed by atoms with van der Waals surface area (Å²) in [5.41, 5.74) is -0.683. The molecule has 14 heavy (non-hydrogen) atoms. The molecule has 0 spiro atoms. The largest absolute Gasteiger partial charge is 0.386 e. The van der Waals surface area contributed by atoms with Crippen molar-refractivity contribution in [3.05, 3.63) is 0 Å². The third-order valence-corrected chi connectivity index (χ3v) is 3.01. The summed E-state index contributed by atoms with van der Waals surface area (Å²) in [6.07, 6.45) is 0.687. The SMILES string of the molecule is CC1CCOC1C(=O)N1CC(C)(O)C1. The standard InChI is InChI=1S/C10H17NO3/c1-7-3-4-14-8(7)9(12)11-5-10(2,13)6-11/h7-8,13H,3-6H2,1-2H3. The van der Waals surface area contributed by atoms with E-state index in [1.165, 1.54) is 0 Å². The number of nitrogens with zero attached hydrogens (tertiary/aromatic N) is 1. The van der Waals surface area contributed by atoms with Gasteiger partial charge in [-0.15, -0.1) is 0 Å². The molecule has 2 rings (SSSR count). The molecule has 2 saturated heterocycles. The summed E-state index contributed by atoms with van der Waals surface area (Å²) in [5, 5.41) is 9.51. The first-order valence-corrected chi connectivity index (χ1v) is 5.12. The molecule has 2 heterocycles. The third-order valence-electron chi connectivity index (χ3n) is 3.01. The van der Waals surface area contributed by atoms with E-state index in [0.29, 0.717) is 25.6 Å². The van der Waals surface area contributed by atoms with Gasteiger partial charge >= 0.3 is 0 Å². The zero-order valence-corrected chi connectivity index (χ0v) is 8.69. The molecule has 0 aliphatic carbocycles. The van der Waals surface area contributed by atoms with Crippen LogP contribution in [0.25, 0.3) is 0 Å². The highest BCUT2D eigenvalue weighted by Gasteiger charge is 2.44. The molecule has 1 N–H and O–H groups in total. The van der Waals surface area contributed by atoms with Crippen LogP contribution in [-0.4, -0.2) is 47.3 Å². The number of carbonyl (C=O) groups excluding carboxylic acids is 1. The highest BCUT2D eigenvalue weighted by Crippen LogP contribution is 2.26. The summed E-state index contributed by atoms with van der Waals surface area (Å²) < 4.78 is 5.38. The molecule has 80 valence electrons. The summed E-state index contributed by atoms with van der Waals surface area (Å²) >= 11 is 0. The molecule has 0 saturated carbocycles. The van der Waals surface area contributed by atoms with Crippen LogP contribution in [0.2, 0.25) is 0 Å². The van der Waals surface area contributed by atoms with Crippen LogP contribution in [0.3, 0.4) is 0 Å². The van der Waals surface area contributed by atoms with E-state index in [-0.39, 0.29) is 12.0 Å². The number of β-amino-alcohol motifs (C(OH)–C–C–N with tert-alkyl or cyclic N) is 1. The van der Waals surface area contributed by atoms with Crippen molar-refractivity contribution in [1.29, 1.82) is 0 Å². The lowest BCUT2D eigenvalue weighted by Crippen LogP contribution is -2.63. The van der Waals surface area contributed by atoms with E-state index in [1.807, 2.05) is 6.92 Å². The summed E-state index contributed by atoms with van der Waals surface area (Å²) in [6, 6.07) is 0. The first-order valence-electron chi connectivity index (χ1n) is 5.12. The molecule has 0 aromatic heterocycles. The van der Waals surface area contributed by atoms with E-state index in [2.05, 4.69) is 0 Å². The van der Waals surface area contributed by atoms with Gasteiger partial charge in [0.05, 0.1) is 18.7 Å². The molecule has 2 fully saturated rings. The molecule has 2 aliphatic rings. The van der Waals surface area contributed by atoms with Gasteiger partial charge in [0.25, 0.3) is 5.91 Å². The van der Waals surface area contributed by atoms with Gasteiger partial charge in [0.1, 0.15) is 6.10 Å². The normalized spacial score (nSPS) is 35.5. The Bertz CT molecular complexity index is 244. The first kappa shape index (κ1) is 9.93. The molecule has 2 aliphatic heterocycles. The number of likely N-dealkylation sites (tertiary alicyclic amines) is 1. The maximum atomic E-state index is 11.8. The van der Waals surface area contributed by atoms with Gasteiger partial charge in [-0.3, -0.25) is 4.79 Å². The van der Waals surface area contributed by atoms with E-state index in [0.717, 1.165) is 6.42 Å². The average Bonchev–Trinajstić information content (AvgIpc) is 2.45. The monoisotopic (exact) mass is 199 g/mol. The van der Waals surface area contributed by atoms with E-state index in [4.69, 9.17) is 4.74 Å². The van der Waals surface area contributed by atoms with E-state index < -0.39 is 5.60 Å². The van der Waals surface area contributed by atoms with Crippen molar-refractivity contribution >= 4 is 5.91 Å². The quantitative estimate of drug-likeness (QED) is 0.647. The van der Waals surface area contributed by atoms with Crippen molar-refractivity contribution in [1.82, 2.24) is 4.90 Å². The van der Waals surface area contributed by atoms with Crippen molar-refractivity contribution in [2.24, 2.45) is 5.92 Å². The highest BCUT2D eigenvalue weighted by molar-refractivity contribution is 5.82. The second-order valence-electron chi connectivity index (χ2n) is 4.75. The molecule has 0 bridgehead atoms. The van der Waals surface area contributed by atoms with Crippen molar-refractivity contribution < 1.29 is 14.6 Å². The number of aliphatic hydroxyl groups is 1. The molecular formula is C10H17NO3. The zero-order valence-electron chi connectivity index (χ0n) is 8.69. The Hall–Kier alpha value is -0.610. The number of hydrogen-bond acceptors (Lipinski definition) is 3. The third kappa shape index (κ3) is 1.64. The lowest BCUT2D eigenvalue weighted by Gasteiger charge is -2.45. The molecule has 1 amide bonds. The van der Waals surface area contributed by atoms with E-state index >= 15 is 0 Å². The van der Waals surface area contributed by atoms with Gasteiger partial charge in [-0.05, 0) is 19.3 Å². The maximum Gasteiger partial charge on any atom is 0.252 e. The van der Waals surface area contributed by atoms with Crippen LogP contribution < -0.4 is 0 Å². The van der Waals surface area contributed by atoms with Crippen LogP contribution in [-0.2, 0) is 9.53 Å². The van der Waals surface area contributed by atoms with E-state index in [9.17, 15) is 9.90 Å². The number of hydrogen-bond donors (Lipinski definition) is 1. The van der Waals surface area contributed by atoms with Crippen molar-refractivity contribution in [2.75, 3.05) is 19.7 Å². The Labute approximate surface area is 83.8 Å².